The summed E-state index contributed by atoms with van der Waals surface area (Å²) in [5.41, 5.74) is 0.770. The molecule has 1 N–H and O–H groups in total. The van der Waals surface area contributed by atoms with Crippen molar-refractivity contribution in [2.45, 2.75) is 13.5 Å². The molecule has 6 nitrogen and oxygen atoms in total. The number of carboxylic acid groups (broad SMARTS) is 1. The Labute approximate surface area is 119 Å². The van der Waals surface area contributed by atoms with Crippen molar-refractivity contribution in [2.24, 2.45) is 5.92 Å². The zero-order valence-electron chi connectivity index (χ0n) is 10.7. The standard InChI is InChI=1S/C12H15BrN2O4/c1-8(12(16)17)6-14(2)7-9-4-3-5-10(11(9)13)15(18)19/h3-5,8H,6-7H2,1-2H3,(H,16,17). The van der Waals surface area contributed by atoms with Gasteiger partial charge in [0.25, 0.3) is 5.69 Å². The van der Waals surface area contributed by atoms with Gasteiger partial charge in [-0.05, 0) is 28.5 Å². The number of halogens is 1. The molecule has 0 heterocycles. The summed E-state index contributed by atoms with van der Waals surface area (Å²) in [4.78, 5) is 23.0. The van der Waals surface area contributed by atoms with E-state index in [-0.39, 0.29) is 5.69 Å². The van der Waals surface area contributed by atoms with Gasteiger partial charge in [0.1, 0.15) is 0 Å². The number of nitrogens with zero attached hydrogens (tertiary/aromatic N) is 2. The molecule has 0 bridgehead atoms. The highest BCUT2D eigenvalue weighted by Crippen LogP contribution is 2.28. The second kappa shape index (κ2) is 6.63. The van der Waals surface area contributed by atoms with Crippen molar-refractivity contribution in [3.63, 3.8) is 0 Å². The monoisotopic (exact) mass is 330 g/mol. The van der Waals surface area contributed by atoms with Gasteiger partial charge in [0.05, 0.1) is 15.3 Å². The van der Waals surface area contributed by atoms with E-state index in [1.54, 1.807) is 26.1 Å². The Hall–Kier alpha value is -1.47. The molecule has 0 aromatic heterocycles. The Kier molecular flexibility index (Phi) is 5.44. The first-order valence-corrected chi connectivity index (χ1v) is 6.45. The summed E-state index contributed by atoms with van der Waals surface area (Å²) < 4.78 is 0.440. The van der Waals surface area contributed by atoms with Crippen molar-refractivity contribution in [3.8, 4) is 0 Å². The van der Waals surface area contributed by atoms with Crippen LogP contribution in [0.25, 0.3) is 0 Å². The number of hydrogen-bond acceptors (Lipinski definition) is 4. The first-order chi connectivity index (χ1) is 8.82. The summed E-state index contributed by atoms with van der Waals surface area (Å²) in [6.45, 7) is 2.45. The third-order valence-electron chi connectivity index (χ3n) is 2.70. The van der Waals surface area contributed by atoms with Crippen LogP contribution in [-0.4, -0.2) is 34.5 Å². The van der Waals surface area contributed by atoms with Gasteiger partial charge in [0.15, 0.2) is 0 Å². The summed E-state index contributed by atoms with van der Waals surface area (Å²) >= 11 is 3.22. The topological polar surface area (TPSA) is 83.7 Å². The van der Waals surface area contributed by atoms with Crippen LogP contribution in [0.4, 0.5) is 5.69 Å². The quantitative estimate of drug-likeness (QED) is 0.640. The van der Waals surface area contributed by atoms with Crippen molar-refractivity contribution in [3.05, 3.63) is 38.3 Å². The summed E-state index contributed by atoms with van der Waals surface area (Å²) in [5.74, 6) is -1.34. The Morgan fingerprint density at radius 3 is 2.74 bits per heavy atom. The van der Waals surface area contributed by atoms with Gasteiger partial charge < -0.3 is 10.0 Å². The van der Waals surface area contributed by atoms with Crippen LogP contribution >= 0.6 is 15.9 Å². The molecular weight excluding hydrogens is 316 g/mol. The molecular formula is C12H15BrN2O4. The fourth-order valence-electron chi connectivity index (χ4n) is 1.73. The Bertz CT molecular complexity index is 493. The maximum Gasteiger partial charge on any atom is 0.307 e. The third kappa shape index (κ3) is 4.29. The van der Waals surface area contributed by atoms with Crippen molar-refractivity contribution < 1.29 is 14.8 Å². The average Bonchev–Trinajstić information content (AvgIpc) is 2.31. The lowest BCUT2D eigenvalue weighted by molar-refractivity contribution is -0.385. The molecule has 0 amide bonds. The molecule has 1 unspecified atom stereocenters. The van der Waals surface area contributed by atoms with E-state index in [1.165, 1.54) is 6.07 Å². The Morgan fingerprint density at radius 1 is 1.58 bits per heavy atom. The first-order valence-electron chi connectivity index (χ1n) is 5.66. The highest BCUT2D eigenvalue weighted by Gasteiger charge is 2.18. The second-order valence-electron chi connectivity index (χ2n) is 4.44. The number of carboxylic acids is 1. The molecule has 0 aliphatic heterocycles. The molecule has 0 spiro atoms. The zero-order valence-corrected chi connectivity index (χ0v) is 12.3. The molecule has 0 fully saturated rings. The number of hydrogen-bond donors (Lipinski definition) is 1. The van der Waals surface area contributed by atoms with Gasteiger partial charge in [-0.15, -0.1) is 0 Å². The van der Waals surface area contributed by atoms with Crippen LogP contribution in [0.2, 0.25) is 0 Å². The minimum absolute atomic E-state index is 0.0113. The van der Waals surface area contributed by atoms with Crippen molar-refractivity contribution in [1.82, 2.24) is 4.90 Å². The van der Waals surface area contributed by atoms with Gasteiger partial charge in [-0.1, -0.05) is 19.1 Å². The van der Waals surface area contributed by atoms with Crippen LogP contribution in [-0.2, 0) is 11.3 Å². The van der Waals surface area contributed by atoms with E-state index in [0.717, 1.165) is 5.56 Å². The summed E-state index contributed by atoms with van der Waals surface area (Å²) in [6, 6.07) is 4.82. The predicted molar refractivity (Wildman–Crippen MR) is 73.9 cm³/mol. The number of nitro groups is 1. The molecule has 1 atom stereocenters. The largest absolute Gasteiger partial charge is 0.481 e. The van der Waals surface area contributed by atoms with Crippen LogP contribution in [0.5, 0.6) is 0 Å². The Balaban J connectivity index is 2.80. The van der Waals surface area contributed by atoms with Crippen molar-refractivity contribution >= 4 is 27.6 Å². The van der Waals surface area contributed by atoms with Crippen LogP contribution in [0.3, 0.4) is 0 Å². The van der Waals surface area contributed by atoms with Gasteiger partial charge >= 0.3 is 5.97 Å². The van der Waals surface area contributed by atoms with Gasteiger partial charge in [0, 0.05) is 19.2 Å². The number of nitro benzene ring substituents is 1. The smallest absolute Gasteiger partial charge is 0.307 e. The molecule has 0 saturated heterocycles. The number of benzene rings is 1. The van der Waals surface area contributed by atoms with Gasteiger partial charge in [-0.3, -0.25) is 14.9 Å². The van der Waals surface area contributed by atoms with E-state index in [4.69, 9.17) is 5.11 Å². The van der Waals surface area contributed by atoms with Crippen LogP contribution in [0.15, 0.2) is 22.7 Å². The fraction of sp³-hybridized carbons (Fsp3) is 0.417. The van der Waals surface area contributed by atoms with Gasteiger partial charge in [-0.2, -0.15) is 0 Å². The molecule has 1 aromatic carbocycles. The Morgan fingerprint density at radius 2 is 2.21 bits per heavy atom. The van der Waals surface area contributed by atoms with Gasteiger partial charge in [0.2, 0.25) is 0 Å². The van der Waals surface area contributed by atoms with E-state index in [9.17, 15) is 14.9 Å². The molecule has 0 aliphatic rings. The van der Waals surface area contributed by atoms with Crippen molar-refractivity contribution in [1.29, 1.82) is 0 Å². The predicted octanol–water partition coefficient (Wildman–Crippen LogP) is 2.51. The molecule has 19 heavy (non-hydrogen) atoms. The summed E-state index contributed by atoms with van der Waals surface area (Å²) in [5, 5.41) is 19.7. The summed E-state index contributed by atoms with van der Waals surface area (Å²) in [7, 11) is 1.78. The van der Waals surface area contributed by atoms with E-state index >= 15 is 0 Å². The normalized spacial score (nSPS) is 12.4. The number of aliphatic carboxylic acids is 1. The molecule has 104 valence electrons. The molecule has 7 heteroatoms. The first kappa shape index (κ1) is 15.6. The average molecular weight is 331 g/mol. The maximum absolute atomic E-state index is 10.8. The SMILES string of the molecule is CC(CN(C)Cc1cccc([N+](=O)[O-])c1Br)C(=O)O. The fourth-order valence-corrected chi connectivity index (χ4v) is 2.26. The van der Waals surface area contributed by atoms with E-state index in [2.05, 4.69) is 15.9 Å². The zero-order chi connectivity index (χ0) is 14.6. The minimum atomic E-state index is -0.857. The van der Waals surface area contributed by atoms with Gasteiger partial charge in [-0.25, -0.2) is 0 Å². The van der Waals surface area contributed by atoms with Crippen LogP contribution in [0, 0.1) is 16.0 Å². The molecule has 0 radical (unpaired) electrons. The highest BCUT2D eigenvalue weighted by molar-refractivity contribution is 9.10. The lowest BCUT2D eigenvalue weighted by atomic mass is 10.1. The maximum atomic E-state index is 10.8. The van der Waals surface area contributed by atoms with Crippen LogP contribution < -0.4 is 0 Å². The third-order valence-corrected chi connectivity index (χ3v) is 3.62. The van der Waals surface area contributed by atoms with Crippen molar-refractivity contribution in [2.75, 3.05) is 13.6 Å². The second-order valence-corrected chi connectivity index (χ2v) is 5.24. The van der Waals surface area contributed by atoms with Crippen LogP contribution in [0.1, 0.15) is 12.5 Å². The van der Waals surface area contributed by atoms with E-state index < -0.39 is 16.8 Å². The summed E-state index contributed by atoms with van der Waals surface area (Å²) in [6.07, 6.45) is 0. The number of carbonyl (C=O) groups is 1. The lowest BCUT2D eigenvalue weighted by Gasteiger charge is -2.19. The highest BCUT2D eigenvalue weighted by atomic mass is 79.9. The molecule has 0 saturated carbocycles. The number of rotatable bonds is 6. The molecule has 1 rings (SSSR count). The minimum Gasteiger partial charge on any atom is -0.481 e. The lowest BCUT2D eigenvalue weighted by Crippen LogP contribution is -2.28. The van der Waals surface area contributed by atoms with E-state index in [1.807, 2.05) is 4.90 Å². The molecule has 0 aliphatic carbocycles. The van der Waals surface area contributed by atoms with E-state index in [0.29, 0.717) is 17.6 Å². The molecule has 1 aromatic rings.